The van der Waals surface area contributed by atoms with Crippen LogP contribution in [0.25, 0.3) is 0 Å². The zero-order valence-electron chi connectivity index (χ0n) is 16.0. The van der Waals surface area contributed by atoms with E-state index in [0.717, 1.165) is 49.2 Å². The van der Waals surface area contributed by atoms with Crippen molar-refractivity contribution in [3.8, 4) is 0 Å². The maximum atomic E-state index is 5.00. The quantitative estimate of drug-likeness (QED) is 0.368. The lowest BCUT2D eigenvalue weighted by atomic mass is 10.1. The van der Waals surface area contributed by atoms with Crippen molar-refractivity contribution < 1.29 is 0 Å². The molecule has 0 aliphatic carbocycles. The molecule has 0 aromatic heterocycles. The molecule has 2 rings (SSSR count). The maximum Gasteiger partial charge on any atom is 0.193 e. The first-order chi connectivity index (χ1) is 11.1. The lowest BCUT2D eigenvalue weighted by Crippen LogP contribution is -2.49. The first-order valence-electron chi connectivity index (χ1n) is 9.51. The molecule has 2 aliphatic rings. The molecule has 0 aromatic carbocycles. The molecule has 0 aromatic rings. The zero-order chi connectivity index (χ0) is 16.7. The minimum atomic E-state index is 0. The number of thioether (sulfide) groups is 1. The molecule has 1 N–H and O–H groups in total. The summed E-state index contributed by atoms with van der Waals surface area (Å²) in [5, 5.41) is 4.26. The van der Waals surface area contributed by atoms with Gasteiger partial charge in [-0.3, -0.25) is 4.99 Å². The van der Waals surface area contributed by atoms with Crippen molar-refractivity contribution in [1.29, 1.82) is 0 Å². The van der Waals surface area contributed by atoms with Gasteiger partial charge in [-0.1, -0.05) is 20.8 Å². The lowest BCUT2D eigenvalue weighted by molar-refractivity contribution is 0.325. The van der Waals surface area contributed by atoms with Crippen LogP contribution in [0.15, 0.2) is 4.99 Å². The molecule has 0 spiro atoms. The van der Waals surface area contributed by atoms with Gasteiger partial charge in [0.2, 0.25) is 0 Å². The molecule has 2 aliphatic heterocycles. The second-order valence-electron chi connectivity index (χ2n) is 7.25. The normalized spacial score (nSPS) is 25.9. The van der Waals surface area contributed by atoms with Crippen molar-refractivity contribution in [2.45, 2.75) is 45.8 Å². The van der Waals surface area contributed by atoms with Gasteiger partial charge in [-0.2, -0.15) is 11.8 Å². The largest absolute Gasteiger partial charge is 0.357 e. The summed E-state index contributed by atoms with van der Waals surface area (Å²) < 4.78 is 0. The van der Waals surface area contributed by atoms with Crippen molar-refractivity contribution in [1.82, 2.24) is 15.1 Å². The molecule has 0 radical (unpaired) electrons. The Morgan fingerprint density at radius 1 is 1.25 bits per heavy atom. The summed E-state index contributed by atoms with van der Waals surface area (Å²) >= 11 is 2.13. The van der Waals surface area contributed by atoms with Crippen molar-refractivity contribution in [2.75, 3.05) is 51.6 Å². The van der Waals surface area contributed by atoms with Crippen LogP contribution in [-0.2, 0) is 0 Å². The number of guanidine groups is 1. The molecular weight excluding hydrogens is 431 g/mol. The standard InChI is InChI=1S/C18H36N4S.HI/c1-5-8-21-9-7-16(13-21)12-20-18(19-6-2)22-10-11-23-17(14-22)15(3)4;/h15-17H,5-14H2,1-4H3,(H,19,20);1H. The molecule has 142 valence electrons. The molecule has 2 atom stereocenters. The predicted octanol–water partition coefficient (Wildman–Crippen LogP) is 3.38. The van der Waals surface area contributed by atoms with E-state index in [9.17, 15) is 0 Å². The summed E-state index contributed by atoms with van der Waals surface area (Å²) in [6.45, 7) is 17.1. The predicted molar refractivity (Wildman–Crippen MR) is 119 cm³/mol. The fourth-order valence-corrected chi connectivity index (χ4v) is 4.79. The molecule has 24 heavy (non-hydrogen) atoms. The Morgan fingerprint density at radius 3 is 2.71 bits per heavy atom. The number of aliphatic imine (C=N–C) groups is 1. The van der Waals surface area contributed by atoms with Gasteiger partial charge in [-0.15, -0.1) is 24.0 Å². The average molecular weight is 468 g/mol. The van der Waals surface area contributed by atoms with E-state index in [1.165, 1.54) is 38.2 Å². The Bertz CT molecular complexity index is 378. The Kier molecular flexibility index (Phi) is 11.0. The van der Waals surface area contributed by atoms with Gasteiger partial charge in [0.15, 0.2) is 5.96 Å². The summed E-state index contributed by atoms with van der Waals surface area (Å²) in [6.07, 6.45) is 2.58. The maximum absolute atomic E-state index is 5.00. The lowest BCUT2D eigenvalue weighted by Gasteiger charge is -2.36. The molecule has 4 nitrogen and oxygen atoms in total. The van der Waals surface area contributed by atoms with E-state index in [-0.39, 0.29) is 24.0 Å². The van der Waals surface area contributed by atoms with E-state index in [2.05, 4.69) is 54.6 Å². The van der Waals surface area contributed by atoms with Gasteiger partial charge in [0.1, 0.15) is 0 Å². The first kappa shape index (κ1) is 22.4. The minimum Gasteiger partial charge on any atom is -0.357 e. The molecule has 0 bridgehead atoms. The molecule has 2 saturated heterocycles. The highest BCUT2D eigenvalue weighted by molar-refractivity contribution is 14.0. The smallest absolute Gasteiger partial charge is 0.193 e. The van der Waals surface area contributed by atoms with Gasteiger partial charge < -0.3 is 15.1 Å². The Morgan fingerprint density at radius 2 is 2.04 bits per heavy atom. The van der Waals surface area contributed by atoms with Gasteiger partial charge in [0, 0.05) is 43.7 Å². The molecular formula is C18H37IN4S. The van der Waals surface area contributed by atoms with E-state index in [0.29, 0.717) is 0 Å². The van der Waals surface area contributed by atoms with Crippen LogP contribution in [0.4, 0.5) is 0 Å². The Labute approximate surface area is 170 Å². The molecule has 0 saturated carbocycles. The van der Waals surface area contributed by atoms with Crippen LogP contribution in [0.1, 0.15) is 40.5 Å². The monoisotopic (exact) mass is 468 g/mol. The van der Waals surface area contributed by atoms with Crippen LogP contribution < -0.4 is 5.32 Å². The summed E-state index contributed by atoms with van der Waals surface area (Å²) in [6, 6.07) is 0. The summed E-state index contributed by atoms with van der Waals surface area (Å²) in [4.78, 5) is 10.1. The summed E-state index contributed by atoms with van der Waals surface area (Å²) in [5.74, 6) is 3.85. The number of rotatable bonds is 6. The first-order valence-corrected chi connectivity index (χ1v) is 10.6. The minimum absolute atomic E-state index is 0. The summed E-state index contributed by atoms with van der Waals surface area (Å²) in [7, 11) is 0. The van der Waals surface area contributed by atoms with Crippen LogP contribution in [-0.4, -0.2) is 72.6 Å². The number of hydrogen-bond acceptors (Lipinski definition) is 3. The molecule has 0 amide bonds. The molecule has 2 unspecified atom stereocenters. The number of nitrogens with zero attached hydrogens (tertiary/aromatic N) is 3. The number of halogens is 1. The third-order valence-corrected chi connectivity index (χ3v) is 6.42. The molecule has 2 heterocycles. The highest BCUT2D eigenvalue weighted by Gasteiger charge is 2.26. The molecule has 6 heteroatoms. The van der Waals surface area contributed by atoms with Gasteiger partial charge in [-0.25, -0.2) is 0 Å². The van der Waals surface area contributed by atoms with E-state index >= 15 is 0 Å². The van der Waals surface area contributed by atoms with Gasteiger partial charge in [-0.05, 0) is 44.7 Å². The van der Waals surface area contributed by atoms with Gasteiger partial charge in [0.25, 0.3) is 0 Å². The SMILES string of the molecule is CCCN1CCC(CN=C(NCC)N2CCSC(C(C)C)C2)C1.I. The van der Waals surface area contributed by atoms with Crippen molar-refractivity contribution >= 4 is 41.7 Å². The zero-order valence-corrected chi connectivity index (χ0v) is 19.1. The fraction of sp³-hybridized carbons (Fsp3) is 0.944. The Hall–Kier alpha value is 0.310. The van der Waals surface area contributed by atoms with Crippen LogP contribution in [0.2, 0.25) is 0 Å². The van der Waals surface area contributed by atoms with Crippen LogP contribution in [0, 0.1) is 11.8 Å². The average Bonchev–Trinajstić information content (AvgIpc) is 2.99. The van der Waals surface area contributed by atoms with Crippen molar-refractivity contribution in [2.24, 2.45) is 16.8 Å². The third-order valence-electron chi connectivity index (χ3n) is 4.88. The molecule has 2 fully saturated rings. The highest BCUT2D eigenvalue weighted by Crippen LogP contribution is 2.25. The third kappa shape index (κ3) is 6.90. The second kappa shape index (κ2) is 11.8. The Balaban J connectivity index is 0.00000288. The van der Waals surface area contributed by atoms with Crippen LogP contribution >= 0.6 is 35.7 Å². The second-order valence-corrected chi connectivity index (χ2v) is 8.60. The van der Waals surface area contributed by atoms with Gasteiger partial charge in [0.05, 0.1) is 0 Å². The van der Waals surface area contributed by atoms with Crippen molar-refractivity contribution in [3.63, 3.8) is 0 Å². The van der Waals surface area contributed by atoms with Crippen LogP contribution in [0.5, 0.6) is 0 Å². The number of hydrogen-bond donors (Lipinski definition) is 1. The van der Waals surface area contributed by atoms with Gasteiger partial charge >= 0.3 is 0 Å². The summed E-state index contributed by atoms with van der Waals surface area (Å²) in [5.41, 5.74) is 0. The van der Waals surface area contributed by atoms with E-state index in [4.69, 9.17) is 4.99 Å². The van der Waals surface area contributed by atoms with Crippen LogP contribution in [0.3, 0.4) is 0 Å². The highest BCUT2D eigenvalue weighted by atomic mass is 127. The van der Waals surface area contributed by atoms with Crippen molar-refractivity contribution in [3.05, 3.63) is 0 Å². The fourth-order valence-electron chi connectivity index (χ4n) is 3.49. The van der Waals surface area contributed by atoms with E-state index in [1.54, 1.807) is 0 Å². The topological polar surface area (TPSA) is 30.9 Å². The number of likely N-dealkylation sites (tertiary alicyclic amines) is 1. The van der Waals surface area contributed by atoms with E-state index < -0.39 is 0 Å². The van der Waals surface area contributed by atoms with E-state index in [1.807, 2.05) is 0 Å². The number of nitrogens with one attached hydrogen (secondary N) is 1.